The van der Waals surface area contributed by atoms with Gasteiger partial charge in [-0.3, -0.25) is 4.79 Å². The molecule has 34 heavy (non-hydrogen) atoms. The topological polar surface area (TPSA) is 122 Å². The van der Waals surface area contributed by atoms with Gasteiger partial charge in [0, 0.05) is 0 Å². The van der Waals surface area contributed by atoms with Gasteiger partial charge in [-0.1, -0.05) is 25.5 Å². The molecular formula is C24H33N3O6S. The summed E-state index contributed by atoms with van der Waals surface area (Å²) in [4.78, 5) is 17.5. The van der Waals surface area contributed by atoms with Crippen LogP contribution in [0.4, 0.5) is 0 Å². The highest BCUT2D eigenvalue weighted by Crippen LogP contribution is 2.43. The van der Waals surface area contributed by atoms with E-state index in [-0.39, 0.29) is 30.5 Å². The molecule has 3 aliphatic rings. The van der Waals surface area contributed by atoms with Crippen LogP contribution >= 0.6 is 11.3 Å². The van der Waals surface area contributed by atoms with Crippen LogP contribution in [0.5, 0.6) is 0 Å². The molecular weight excluding hydrogens is 458 g/mol. The molecule has 3 heterocycles. The lowest BCUT2D eigenvalue weighted by molar-refractivity contribution is -0.443. The Balaban J connectivity index is 1.34. The van der Waals surface area contributed by atoms with Gasteiger partial charge in [-0.15, -0.1) is 11.3 Å². The summed E-state index contributed by atoms with van der Waals surface area (Å²) < 4.78 is 19.5. The van der Waals surface area contributed by atoms with Gasteiger partial charge in [0.2, 0.25) is 18.0 Å². The Morgan fingerprint density at radius 2 is 2.09 bits per heavy atom. The zero-order valence-electron chi connectivity index (χ0n) is 19.6. The number of rotatable bonds is 5. The molecule has 186 valence electrons. The molecule has 1 aromatic carbocycles. The number of thiazole rings is 1. The number of ether oxygens (including phenoxy) is 3. The van der Waals surface area contributed by atoms with Gasteiger partial charge in [0.1, 0.15) is 11.1 Å². The molecule has 3 unspecified atom stereocenters. The monoisotopic (exact) mass is 491 g/mol. The van der Waals surface area contributed by atoms with E-state index in [1.165, 1.54) is 11.3 Å². The fourth-order valence-corrected chi connectivity index (χ4v) is 6.50. The van der Waals surface area contributed by atoms with E-state index in [9.17, 15) is 15.0 Å². The summed E-state index contributed by atoms with van der Waals surface area (Å²) in [5, 5.41) is 29.3. The zero-order chi connectivity index (χ0) is 24.0. The second-order valence-electron chi connectivity index (χ2n) is 9.60. The number of aliphatic hydroxyl groups is 2. The number of hydrogen-bond acceptors (Lipinski definition) is 9. The van der Waals surface area contributed by atoms with Crippen molar-refractivity contribution in [1.29, 1.82) is 0 Å². The average Bonchev–Trinajstić information content (AvgIpc) is 3.20. The lowest BCUT2D eigenvalue weighted by atomic mass is 9.77. The summed E-state index contributed by atoms with van der Waals surface area (Å²) in [5.74, 6) is -2.07. The van der Waals surface area contributed by atoms with Crippen molar-refractivity contribution in [2.75, 3.05) is 7.05 Å². The van der Waals surface area contributed by atoms with Gasteiger partial charge < -0.3 is 35.1 Å². The number of para-hydroxylation sites is 1. The van der Waals surface area contributed by atoms with Gasteiger partial charge >= 0.3 is 0 Å². The van der Waals surface area contributed by atoms with E-state index in [0.717, 1.165) is 16.6 Å². The molecule has 4 N–H and O–H groups in total. The third-order valence-electron chi connectivity index (χ3n) is 7.33. The molecule has 5 rings (SSSR count). The number of carbonyl (C=O) groups is 1. The van der Waals surface area contributed by atoms with Gasteiger partial charge in [-0.25, -0.2) is 4.98 Å². The maximum Gasteiger partial charge on any atom is 0.239 e. The number of carbonyl (C=O) groups excluding carboxylic acids is 1. The summed E-state index contributed by atoms with van der Waals surface area (Å²) in [7, 11) is 1.76. The summed E-state index contributed by atoms with van der Waals surface area (Å²) in [5.41, 5.74) is 0.864. The second kappa shape index (κ2) is 9.42. The minimum Gasteiger partial charge on any atom is -0.391 e. The van der Waals surface area contributed by atoms with Crippen molar-refractivity contribution in [2.45, 2.75) is 88.1 Å². The molecule has 1 amide bonds. The van der Waals surface area contributed by atoms with E-state index >= 15 is 0 Å². The Labute approximate surface area is 202 Å². The molecule has 0 radical (unpaired) electrons. The van der Waals surface area contributed by atoms with Gasteiger partial charge in [0.15, 0.2) is 0 Å². The predicted molar refractivity (Wildman–Crippen MR) is 126 cm³/mol. The third kappa shape index (κ3) is 4.26. The number of amides is 1. The van der Waals surface area contributed by atoms with Crippen LogP contribution < -0.4 is 10.6 Å². The van der Waals surface area contributed by atoms with Gasteiger partial charge in [-0.05, 0) is 44.9 Å². The van der Waals surface area contributed by atoms with E-state index in [4.69, 9.17) is 14.2 Å². The Kier molecular flexibility index (Phi) is 6.66. The zero-order valence-corrected chi connectivity index (χ0v) is 20.5. The smallest absolute Gasteiger partial charge is 0.239 e. The molecule has 0 bridgehead atoms. The van der Waals surface area contributed by atoms with E-state index < -0.39 is 36.4 Å². The molecule has 0 spiro atoms. The van der Waals surface area contributed by atoms with Crippen molar-refractivity contribution in [2.24, 2.45) is 5.92 Å². The van der Waals surface area contributed by atoms with Gasteiger partial charge in [0.25, 0.3) is 0 Å². The quantitative estimate of drug-likeness (QED) is 0.494. The average molecular weight is 492 g/mol. The first kappa shape index (κ1) is 24.1. The number of benzene rings is 1. The van der Waals surface area contributed by atoms with Crippen LogP contribution in [0.2, 0.25) is 0 Å². The maximum absolute atomic E-state index is 13.0. The molecule has 9 atom stereocenters. The maximum atomic E-state index is 13.0. The van der Waals surface area contributed by atoms with Crippen LogP contribution in [-0.2, 0) is 25.4 Å². The summed E-state index contributed by atoms with van der Waals surface area (Å²) in [6.45, 7) is 3.93. The molecule has 1 saturated carbocycles. The van der Waals surface area contributed by atoms with Crippen LogP contribution in [0.1, 0.15) is 38.1 Å². The fraction of sp³-hybridized carbons (Fsp3) is 0.667. The Morgan fingerprint density at radius 1 is 1.29 bits per heavy atom. The fourth-order valence-electron chi connectivity index (χ4n) is 5.53. The van der Waals surface area contributed by atoms with Crippen LogP contribution in [0.15, 0.2) is 24.3 Å². The third-order valence-corrected chi connectivity index (χ3v) is 8.37. The highest BCUT2D eigenvalue weighted by molar-refractivity contribution is 7.18. The lowest BCUT2D eigenvalue weighted by Crippen LogP contribution is -2.75. The minimum absolute atomic E-state index is 0.0545. The first-order valence-electron chi connectivity index (χ1n) is 12.0. The molecule has 1 aliphatic carbocycles. The Morgan fingerprint density at radius 3 is 2.82 bits per heavy atom. The van der Waals surface area contributed by atoms with Crippen molar-refractivity contribution in [3.8, 4) is 0 Å². The molecule has 3 fully saturated rings. The number of aliphatic hydroxyl groups excluding tert-OH is 1. The van der Waals surface area contributed by atoms with Crippen LogP contribution in [0, 0.1) is 5.92 Å². The summed E-state index contributed by atoms with van der Waals surface area (Å²) in [6.07, 6.45) is -0.925. The number of aromatic nitrogens is 1. The highest BCUT2D eigenvalue weighted by Gasteiger charge is 2.61. The summed E-state index contributed by atoms with van der Waals surface area (Å²) in [6, 6.07) is 6.62. The SMILES string of the molecule is CC[C@H]1CC2OC3O[C@H](C)C[C@@H](NC(=O)Cc4nc5ccccc5s4)[C@]3(O)OC2[C@@H](NC)[C@H]1O. The molecule has 10 heteroatoms. The largest absolute Gasteiger partial charge is 0.391 e. The molecule has 1 aromatic heterocycles. The number of hydrogen-bond donors (Lipinski definition) is 4. The molecule has 2 aliphatic heterocycles. The van der Waals surface area contributed by atoms with Gasteiger partial charge in [-0.2, -0.15) is 0 Å². The van der Waals surface area contributed by atoms with Crippen LogP contribution in [0.3, 0.4) is 0 Å². The van der Waals surface area contributed by atoms with Crippen molar-refractivity contribution in [3.05, 3.63) is 29.3 Å². The van der Waals surface area contributed by atoms with Crippen LogP contribution in [-0.4, -0.2) is 76.7 Å². The first-order valence-corrected chi connectivity index (χ1v) is 12.8. The highest BCUT2D eigenvalue weighted by atomic mass is 32.1. The number of fused-ring (bicyclic) bond motifs is 3. The summed E-state index contributed by atoms with van der Waals surface area (Å²) >= 11 is 1.48. The number of nitrogens with zero attached hydrogens (tertiary/aromatic N) is 1. The normalized spacial score (nSPS) is 39.9. The van der Waals surface area contributed by atoms with E-state index in [1.54, 1.807) is 7.05 Å². The van der Waals surface area contributed by atoms with Crippen LogP contribution in [0.25, 0.3) is 10.2 Å². The van der Waals surface area contributed by atoms with E-state index in [0.29, 0.717) is 17.8 Å². The van der Waals surface area contributed by atoms with Crippen molar-refractivity contribution in [1.82, 2.24) is 15.6 Å². The molecule has 9 nitrogen and oxygen atoms in total. The number of nitrogens with one attached hydrogen (secondary N) is 2. The van der Waals surface area contributed by atoms with Crippen molar-refractivity contribution < 1.29 is 29.2 Å². The van der Waals surface area contributed by atoms with E-state index in [2.05, 4.69) is 15.6 Å². The second-order valence-corrected chi connectivity index (χ2v) is 10.7. The van der Waals surface area contributed by atoms with Gasteiger partial charge in [0.05, 0.1) is 47.0 Å². The predicted octanol–water partition coefficient (Wildman–Crippen LogP) is 1.31. The van der Waals surface area contributed by atoms with E-state index in [1.807, 2.05) is 38.1 Å². The molecule has 2 saturated heterocycles. The number of likely N-dealkylation sites (N-methyl/N-ethyl adjacent to an activating group) is 1. The standard InChI is InChI=1S/C24H33N3O6S/c1-4-13-10-15-22(20(25-3)21(13)29)33-24(30)17(9-12(2)31-23(24)32-15)27-18(28)11-19-26-14-7-5-6-8-16(14)34-19/h5-8,12-13,15,17,20-23,25,29-30H,4,9-11H2,1-3H3,(H,27,28)/t12-,13+,15?,17-,20+,21+,22?,23?,24+/m1/s1. The lowest BCUT2D eigenvalue weighted by Gasteiger charge is -2.57. The Hall–Kier alpha value is -1.66. The first-order chi connectivity index (χ1) is 16.3. The van der Waals surface area contributed by atoms with Crippen molar-refractivity contribution >= 4 is 27.5 Å². The molecule has 2 aromatic rings. The Bertz CT molecular complexity index is 1000. The minimum atomic E-state index is -1.87. The van der Waals surface area contributed by atoms with Crippen molar-refractivity contribution in [3.63, 3.8) is 0 Å².